The molecule has 0 aliphatic heterocycles. The third kappa shape index (κ3) is 3.45. The molecule has 0 saturated carbocycles. The lowest BCUT2D eigenvalue weighted by molar-refractivity contribution is -0.143. The highest BCUT2D eigenvalue weighted by atomic mass is 79.9. The van der Waals surface area contributed by atoms with Crippen molar-refractivity contribution in [2.45, 2.75) is 26.3 Å². The summed E-state index contributed by atoms with van der Waals surface area (Å²) in [6.07, 6.45) is 1.13. The first kappa shape index (κ1) is 14.3. The quantitative estimate of drug-likeness (QED) is 0.663. The molecular formula is C13H15BrN2O2S. The molecule has 0 amide bonds. The number of aromatic nitrogens is 2. The molecule has 0 aliphatic rings. The summed E-state index contributed by atoms with van der Waals surface area (Å²) in [6, 6.07) is 5.97. The van der Waals surface area contributed by atoms with Gasteiger partial charge in [-0.1, -0.05) is 15.9 Å². The molecule has 0 saturated heterocycles. The monoisotopic (exact) mass is 342 g/mol. The Kier molecular flexibility index (Phi) is 4.76. The highest BCUT2D eigenvalue weighted by Gasteiger charge is 2.06. The SMILES string of the molecule is CCOC(=O)CCCn1c(=S)[nH]c2ccc(Br)cc21. The Morgan fingerprint density at radius 2 is 2.32 bits per heavy atom. The number of esters is 1. The van der Waals surface area contributed by atoms with Crippen molar-refractivity contribution in [3.8, 4) is 0 Å². The summed E-state index contributed by atoms with van der Waals surface area (Å²) in [5, 5.41) is 0. The summed E-state index contributed by atoms with van der Waals surface area (Å²) in [7, 11) is 0. The molecule has 0 aliphatic carbocycles. The number of nitrogens with one attached hydrogen (secondary N) is 1. The maximum Gasteiger partial charge on any atom is 0.305 e. The molecule has 1 heterocycles. The van der Waals surface area contributed by atoms with E-state index in [0.717, 1.165) is 15.5 Å². The van der Waals surface area contributed by atoms with E-state index in [1.807, 2.05) is 29.7 Å². The molecule has 102 valence electrons. The van der Waals surface area contributed by atoms with Crippen LogP contribution >= 0.6 is 28.1 Å². The second-order valence-electron chi connectivity index (χ2n) is 4.15. The lowest BCUT2D eigenvalue weighted by Gasteiger charge is -2.05. The van der Waals surface area contributed by atoms with Crippen LogP contribution in [0.1, 0.15) is 19.8 Å². The van der Waals surface area contributed by atoms with E-state index in [9.17, 15) is 4.79 Å². The van der Waals surface area contributed by atoms with E-state index in [1.165, 1.54) is 0 Å². The van der Waals surface area contributed by atoms with Gasteiger partial charge in [0.15, 0.2) is 4.77 Å². The van der Waals surface area contributed by atoms with Gasteiger partial charge in [0.2, 0.25) is 0 Å². The van der Waals surface area contributed by atoms with E-state index in [-0.39, 0.29) is 5.97 Å². The fourth-order valence-electron chi connectivity index (χ4n) is 1.96. The molecule has 4 nitrogen and oxygen atoms in total. The number of imidazole rings is 1. The third-order valence-corrected chi connectivity index (χ3v) is 3.62. The van der Waals surface area contributed by atoms with Crippen LogP contribution < -0.4 is 0 Å². The summed E-state index contributed by atoms with van der Waals surface area (Å²) >= 11 is 8.75. The van der Waals surface area contributed by atoms with Gasteiger partial charge in [-0.05, 0) is 43.8 Å². The number of H-pyrrole nitrogens is 1. The minimum Gasteiger partial charge on any atom is -0.466 e. The van der Waals surface area contributed by atoms with Crippen LogP contribution in [0.4, 0.5) is 0 Å². The maximum absolute atomic E-state index is 11.3. The molecule has 0 fully saturated rings. The van der Waals surface area contributed by atoms with E-state index < -0.39 is 0 Å². The number of hydrogen-bond acceptors (Lipinski definition) is 3. The van der Waals surface area contributed by atoms with Crippen molar-refractivity contribution in [2.75, 3.05) is 6.61 Å². The summed E-state index contributed by atoms with van der Waals surface area (Å²) in [4.78, 5) is 14.5. The van der Waals surface area contributed by atoms with Gasteiger partial charge in [0, 0.05) is 17.4 Å². The van der Waals surface area contributed by atoms with Crippen molar-refractivity contribution in [3.05, 3.63) is 27.4 Å². The number of halogens is 1. The lowest BCUT2D eigenvalue weighted by Crippen LogP contribution is -2.06. The predicted octanol–water partition coefficient (Wildman–Crippen LogP) is 3.80. The topological polar surface area (TPSA) is 47.0 Å². The van der Waals surface area contributed by atoms with E-state index in [0.29, 0.717) is 30.8 Å². The van der Waals surface area contributed by atoms with E-state index in [4.69, 9.17) is 17.0 Å². The van der Waals surface area contributed by atoms with Gasteiger partial charge in [0.05, 0.1) is 17.6 Å². The molecule has 1 aromatic carbocycles. The van der Waals surface area contributed by atoms with Crippen LogP contribution in [0.3, 0.4) is 0 Å². The number of carbonyl (C=O) groups excluding carboxylic acids is 1. The highest BCUT2D eigenvalue weighted by molar-refractivity contribution is 9.10. The Hall–Kier alpha value is -1.14. The van der Waals surface area contributed by atoms with Gasteiger partial charge in [-0.2, -0.15) is 0 Å². The Balaban J connectivity index is 2.12. The normalized spacial score (nSPS) is 10.8. The zero-order valence-electron chi connectivity index (χ0n) is 10.6. The summed E-state index contributed by atoms with van der Waals surface area (Å²) in [5.41, 5.74) is 2.05. The molecule has 0 atom stereocenters. The molecule has 19 heavy (non-hydrogen) atoms. The predicted molar refractivity (Wildman–Crippen MR) is 80.7 cm³/mol. The Morgan fingerprint density at radius 1 is 1.53 bits per heavy atom. The molecule has 1 N–H and O–H groups in total. The molecule has 6 heteroatoms. The maximum atomic E-state index is 11.3. The number of carbonyl (C=O) groups is 1. The average molecular weight is 343 g/mol. The summed E-state index contributed by atoms with van der Waals surface area (Å²) in [6.45, 7) is 2.94. The number of aryl methyl sites for hydroxylation is 1. The zero-order valence-corrected chi connectivity index (χ0v) is 13.0. The van der Waals surface area contributed by atoms with Gasteiger partial charge in [-0.25, -0.2) is 0 Å². The van der Waals surface area contributed by atoms with Crippen LogP contribution in [-0.4, -0.2) is 22.1 Å². The van der Waals surface area contributed by atoms with Crippen LogP contribution in [0.15, 0.2) is 22.7 Å². The molecular weight excluding hydrogens is 328 g/mol. The van der Waals surface area contributed by atoms with Crippen LogP contribution in [0.5, 0.6) is 0 Å². The lowest BCUT2D eigenvalue weighted by atomic mass is 10.3. The largest absolute Gasteiger partial charge is 0.466 e. The van der Waals surface area contributed by atoms with Crippen molar-refractivity contribution >= 4 is 45.2 Å². The van der Waals surface area contributed by atoms with Crippen molar-refractivity contribution in [1.82, 2.24) is 9.55 Å². The molecule has 0 radical (unpaired) electrons. The fraction of sp³-hybridized carbons (Fsp3) is 0.385. The van der Waals surface area contributed by atoms with Gasteiger partial charge in [-0.3, -0.25) is 4.79 Å². The first-order chi connectivity index (χ1) is 9.11. The molecule has 0 unspecified atom stereocenters. The molecule has 2 rings (SSSR count). The van der Waals surface area contributed by atoms with Crippen LogP contribution in [0, 0.1) is 4.77 Å². The van der Waals surface area contributed by atoms with Gasteiger partial charge >= 0.3 is 5.97 Å². The zero-order chi connectivity index (χ0) is 13.8. The van der Waals surface area contributed by atoms with E-state index in [2.05, 4.69) is 20.9 Å². The fourth-order valence-corrected chi connectivity index (χ4v) is 2.61. The first-order valence-electron chi connectivity index (χ1n) is 6.15. The number of hydrogen-bond donors (Lipinski definition) is 1. The Bertz CT molecular complexity index is 648. The second kappa shape index (κ2) is 6.34. The Morgan fingerprint density at radius 3 is 3.05 bits per heavy atom. The molecule has 2 aromatic rings. The van der Waals surface area contributed by atoms with Crippen molar-refractivity contribution in [3.63, 3.8) is 0 Å². The molecule has 0 spiro atoms. The number of ether oxygens (including phenoxy) is 1. The van der Waals surface area contributed by atoms with Crippen molar-refractivity contribution in [1.29, 1.82) is 0 Å². The van der Waals surface area contributed by atoms with Crippen molar-refractivity contribution in [2.24, 2.45) is 0 Å². The number of fused-ring (bicyclic) bond motifs is 1. The van der Waals surface area contributed by atoms with E-state index >= 15 is 0 Å². The number of benzene rings is 1. The minimum absolute atomic E-state index is 0.157. The first-order valence-corrected chi connectivity index (χ1v) is 7.35. The summed E-state index contributed by atoms with van der Waals surface area (Å²) in [5.74, 6) is -0.157. The number of rotatable bonds is 5. The second-order valence-corrected chi connectivity index (χ2v) is 5.45. The van der Waals surface area contributed by atoms with Gasteiger partial charge in [-0.15, -0.1) is 0 Å². The number of aromatic amines is 1. The van der Waals surface area contributed by atoms with Crippen LogP contribution in [0.25, 0.3) is 11.0 Å². The third-order valence-electron chi connectivity index (χ3n) is 2.81. The smallest absolute Gasteiger partial charge is 0.305 e. The Labute approximate surface area is 124 Å². The average Bonchev–Trinajstić information content (AvgIpc) is 2.66. The molecule has 1 aromatic heterocycles. The van der Waals surface area contributed by atoms with Crippen molar-refractivity contribution < 1.29 is 9.53 Å². The van der Waals surface area contributed by atoms with Crippen LogP contribution in [-0.2, 0) is 16.1 Å². The highest BCUT2D eigenvalue weighted by Crippen LogP contribution is 2.20. The van der Waals surface area contributed by atoms with Crippen LogP contribution in [0.2, 0.25) is 0 Å². The van der Waals surface area contributed by atoms with Gasteiger partial charge in [0.25, 0.3) is 0 Å². The van der Waals surface area contributed by atoms with E-state index in [1.54, 1.807) is 0 Å². The molecule has 0 bridgehead atoms. The number of nitrogens with zero attached hydrogens (tertiary/aromatic N) is 1. The van der Waals surface area contributed by atoms with Gasteiger partial charge in [0.1, 0.15) is 0 Å². The van der Waals surface area contributed by atoms with Gasteiger partial charge < -0.3 is 14.3 Å². The minimum atomic E-state index is -0.157. The summed E-state index contributed by atoms with van der Waals surface area (Å²) < 4.78 is 8.60. The standard InChI is InChI=1S/C13H15BrN2O2S/c1-2-18-12(17)4-3-7-16-11-8-9(14)5-6-10(11)15-13(16)19/h5-6,8H,2-4,7H2,1H3,(H,15,19).